The van der Waals surface area contributed by atoms with Crippen molar-refractivity contribution in [3.8, 4) is 5.75 Å². The molecule has 174 valence electrons. The minimum atomic E-state index is -3.67. The van der Waals surface area contributed by atoms with E-state index in [0.717, 1.165) is 66.7 Å². The number of nitrogens with zero attached hydrogens (tertiary/aromatic N) is 2. The van der Waals surface area contributed by atoms with Gasteiger partial charge in [-0.15, -0.1) is 0 Å². The molecule has 0 aliphatic heterocycles. The highest BCUT2D eigenvalue weighted by atomic mass is 32.2. The molecular weight excluding hydrogens is 435 g/mol. The van der Waals surface area contributed by atoms with Crippen LogP contribution in [0.15, 0.2) is 41.1 Å². The van der Waals surface area contributed by atoms with Gasteiger partial charge in [0.05, 0.1) is 13.4 Å². The lowest BCUT2D eigenvalue weighted by Crippen LogP contribution is -2.29. The van der Waals surface area contributed by atoms with E-state index in [9.17, 15) is 12.8 Å². The maximum absolute atomic E-state index is 14.6. The zero-order valence-electron chi connectivity index (χ0n) is 18.5. The maximum atomic E-state index is 14.6. The van der Waals surface area contributed by atoms with Crippen molar-refractivity contribution in [2.75, 3.05) is 33.5 Å². The summed E-state index contributed by atoms with van der Waals surface area (Å²) >= 11 is 0. The van der Waals surface area contributed by atoms with E-state index in [4.69, 9.17) is 13.7 Å². The number of hydrogen-bond donors (Lipinski definition) is 1. The molecule has 1 heterocycles. The first-order valence-corrected chi connectivity index (χ1v) is 12.3. The van der Waals surface area contributed by atoms with E-state index >= 15 is 0 Å². The van der Waals surface area contributed by atoms with Crippen LogP contribution in [0, 0.1) is 5.82 Å². The van der Waals surface area contributed by atoms with Gasteiger partial charge in [0, 0.05) is 18.7 Å². The lowest BCUT2D eigenvalue weighted by Gasteiger charge is -2.30. The third-order valence-electron chi connectivity index (χ3n) is 5.58. The second kappa shape index (κ2) is 10.4. The van der Waals surface area contributed by atoms with Crippen LogP contribution in [0.5, 0.6) is 5.75 Å². The second-order valence-corrected chi connectivity index (χ2v) is 9.60. The predicted octanol–water partition coefficient (Wildman–Crippen LogP) is 4.07. The van der Waals surface area contributed by atoms with Gasteiger partial charge >= 0.3 is 0 Å². The molecule has 32 heavy (non-hydrogen) atoms. The van der Waals surface area contributed by atoms with Crippen molar-refractivity contribution in [2.45, 2.75) is 31.6 Å². The second-order valence-electron chi connectivity index (χ2n) is 8.13. The first-order valence-electron chi connectivity index (χ1n) is 10.4. The van der Waals surface area contributed by atoms with Crippen molar-refractivity contribution in [2.24, 2.45) is 0 Å². The average molecular weight is 465 g/mol. The smallest absolute Gasteiger partial charge is 0.261 e. The van der Waals surface area contributed by atoms with Gasteiger partial charge in [0.1, 0.15) is 17.1 Å². The zero-order chi connectivity index (χ0) is 23.3. The van der Waals surface area contributed by atoms with E-state index in [2.05, 4.69) is 29.1 Å². The van der Waals surface area contributed by atoms with Crippen LogP contribution in [0.25, 0.3) is 11.1 Å². The Kier molecular flexibility index (Phi) is 7.86. The number of fused-ring (bicyclic) bond motifs is 2. The fraction of sp³-hybridized carbons (Fsp3) is 0.435. The zero-order valence-corrected chi connectivity index (χ0v) is 19.4. The van der Waals surface area contributed by atoms with Crippen LogP contribution < -0.4 is 4.74 Å². The quantitative estimate of drug-likeness (QED) is 0.550. The number of oxazole rings is 1. The monoisotopic (exact) mass is 464 g/mol. The van der Waals surface area contributed by atoms with E-state index in [1.165, 1.54) is 12.0 Å². The van der Waals surface area contributed by atoms with Gasteiger partial charge in [0.25, 0.3) is 10.1 Å². The SMILES string of the molecule is COc1ccc(F)c2c1CCCC2CN(C)CCc1ccc2ncoc2c1.CS(=O)(=O)O. The molecule has 3 aromatic rings. The molecule has 1 unspecified atom stereocenters. The average Bonchev–Trinajstić information content (AvgIpc) is 3.19. The van der Waals surface area contributed by atoms with Gasteiger partial charge in [-0.25, -0.2) is 9.37 Å². The molecule has 1 aliphatic carbocycles. The van der Waals surface area contributed by atoms with Crippen LogP contribution >= 0.6 is 0 Å². The van der Waals surface area contributed by atoms with Crippen molar-refractivity contribution in [3.05, 3.63) is 59.2 Å². The first-order chi connectivity index (χ1) is 15.2. The highest BCUT2D eigenvalue weighted by molar-refractivity contribution is 7.85. The Morgan fingerprint density at radius 2 is 2.06 bits per heavy atom. The highest BCUT2D eigenvalue weighted by Crippen LogP contribution is 2.38. The van der Waals surface area contributed by atoms with Gasteiger partial charge in [0.15, 0.2) is 12.0 Å². The number of halogens is 1. The standard InChI is InChI=1S/C22H25FN2O2.CH4O3S/c1-25(11-10-15-6-8-19-21(12-15)27-14-24-19)13-16-4-3-5-17-20(26-2)9-7-18(23)22(16)17;1-5(2,3)4/h6-9,12,14,16H,3-5,10-11,13H2,1-2H3;1H3,(H,2,3,4). The summed E-state index contributed by atoms with van der Waals surface area (Å²) in [5.74, 6) is 0.935. The Hall–Kier alpha value is -2.49. The van der Waals surface area contributed by atoms with Crippen LogP contribution in [0.4, 0.5) is 4.39 Å². The summed E-state index contributed by atoms with van der Waals surface area (Å²) in [6, 6.07) is 9.44. The van der Waals surface area contributed by atoms with E-state index in [1.54, 1.807) is 19.2 Å². The molecule has 0 spiro atoms. The van der Waals surface area contributed by atoms with Crippen LogP contribution in [-0.4, -0.2) is 56.4 Å². The predicted molar refractivity (Wildman–Crippen MR) is 121 cm³/mol. The number of likely N-dealkylation sites (N-methyl/N-ethyl adjacent to an activating group) is 1. The molecule has 0 saturated carbocycles. The summed E-state index contributed by atoms with van der Waals surface area (Å²) in [4.78, 5) is 6.45. The molecule has 1 aliphatic rings. The number of benzene rings is 2. The first kappa shape index (κ1) is 24.2. The summed E-state index contributed by atoms with van der Waals surface area (Å²) in [5.41, 5.74) is 4.84. The molecule has 9 heteroatoms. The summed E-state index contributed by atoms with van der Waals surface area (Å²) in [7, 11) is 0.105. The lowest BCUT2D eigenvalue weighted by atomic mass is 9.81. The maximum Gasteiger partial charge on any atom is 0.261 e. The fourth-order valence-corrected chi connectivity index (χ4v) is 4.20. The third kappa shape index (κ3) is 6.51. The number of hydrogen-bond acceptors (Lipinski definition) is 6. The van der Waals surface area contributed by atoms with Crippen molar-refractivity contribution in [1.82, 2.24) is 9.88 Å². The Morgan fingerprint density at radius 3 is 2.78 bits per heavy atom. The van der Waals surface area contributed by atoms with Gasteiger partial charge in [-0.2, -0.15) is 8.42 Å². The van der Waals surface area contributed by atoms with Crippen LogP contribution in [-0.2, 0) is 23.0 Å². The minimum Gasteiger partial charge on any atom is -0.496 e. The number of methoxy groups -OCH3 is 1. The Morgan fingerprint density at radius 1 is 1.31 bits per heavy atom. The summed E-state index contributed by atoms with van der Waals surface area (Å²) in [5, 5.41) is 0. The van der Waals surface area contributed by atoms with Crippen molar-refractivity contribution in [3.63, 3.8) is 0 Å². The fourth-order valence-electron chi connectivity index (χ4n) is 4.20. The molecule has 7 nitrogen and oxygen atoms in total. The van der Waals surface area contributed by atoms with Gasteiger partial charge in [-0.3, -0.25) is 4.55 Å². The van der Waals surface area contributed by atoms with E-state index in [-0.39, 0.29) is 11.7 Å². The summed E-state index contributed by atoms with van der Waals surface area (Å²) in [6.45, 7) is 1.76. The topological polar surface area (TPSA) is 92.9 Å². The molecule has 0 saturated heterocycles. The normalized spacial score (nSPS) is 15.9. The number of aromatic nitrogens is 1. The summed E-state index contributed by atoms with van der Waals surface area (Å²) < 4.78 is 51.3. The molecule has 1 atom stereocenters. The molecule has 0 radical (unpaired) electrons. The van der Waals surface area contributed by atoms with Crippen LogP contribution in [0.2, 0.25) is 0 Å². The lowest BCUT2D eigenvalue weighted by molar-refractivity contribution is 0.295. The van der Waals surface area contributed by atoms with Gasteiger partial charge in [-0.1, -0.05) is 6.07 Å². The third-order valence-corrected chi connectivity index (χ3v) is 5.58. The van der Waals surface area contributed by atoms with E-state index in [1.807, 2.05) is 6.07 Å². The summed E-state index contributed by atoms with van der Waals surface area (Å²) in [6.07, 6.45) is 6.11. The molecular formula is C23H29FN2O5S. The van der Waals surface area contributed by atoms with Crippen molar-refractivity contribution < 1.29 is 26.5 Å². The Bertz CT molecular complexity index is 1150. The Labute approximate surface area is 188 Å². The molecule has 4 rings (SSSR count). The molecule has 2 aromatic carbocycles. The van der Waals surface area contributed by atoms with E-state index < -0.39 is 10.1 Å². The minimum absolute atomic E-state index is 0.0975. The van der Waals surface area contributed by atoms with Crippen LogP contribution in [0.1, 0.15) is 35.4 Å². The van der Waals surface area contributed by atoms with Crippen molar-refractivity contribution >= 4 is 21.2 Å². The van der Waals surface area contributed by atoms with Gasteiger partial charge < -0.3 is 14.1 Å². The molecule has 1 aromatic heterocycles. The van der Waals surface area contributed by atoms with E-state index in [0.29, 0.717) is 6.26 Å². The number of ether oxygens (including phenoxy) is 1. The molecule has 0 amide bonds. The van der Waals surface area contributed by atoms with Gasteiger partial charge in [-0.05, 0) is 74.0 Å². The highest BCUT2D eigenvalue weighted by Gasteiger charge is 2.27. The molecule has 0 fully saturated rings. The van der Waals surface area contributed by atoms with Crippen LogP contribution in [0.3, 0.4) is 0 Å². The molecule has 1 N–H and O–H groups in total. The Balaban J connectivity index is 0.000000523. The number of rotatable bonds is 6. The van der Waals surface area contributed by atoms with Gasteiger partial charge in [0.2, 0.25) is 0 Å². The largest absolute Gasteiger partial charge is 0.496 e. The van der Waals surface area contributed by atoms with Crippen molar-refractivity contribution in [1.29, 1.82) is 0 Å². The molecule has 0 bridgehead atoms.